The zero-order valence-corrected chi connectivity index (χ0v) is 21.2. The number of ether oxygens (including phenoxy) is 1. The number of amides is 1. The Labute approximate surface area is 209 Å². The first-order valence-corrected chi connectivity index (χ1v) is 13.4. The molecule has 1 aromatic heterocycles. The number of carbonyl (C=O) groups excluding carboxylic acids is 1. The van der Waals surface area contributed by atoms with Gasteiger partial charge in [-0.3, -0.25) is 15.0 Å². The summed E-state index contributed by atoms with van der Waals surface area (Å²) in [5.41, 5.74) is 10.7. The maximum Gasteiger partial charge on any atom is 0.249 e. The summed E-state index contributed by atoms with van der Waals surface area (Å²) in [6.07, 6.45) is 14.1. The lowest BCUT2D eigenvalue weighted by Gasteiger charge is -2.40. The number of benzene rings is 1. The summed E-state index contributed by atoms with van der Waals surface area (Å²) < 4.78 is 5.44. The van der Waals surface area contributed by atoms with Gasteiger partial charge in [-0.1, -0.05) is 32.1 Å². The van der Waals surface area contributed by atoms with E-state index in [0.29, 0.717) is 6.54 Å². The number of carbonyl (C=O) groups is 1. The number of methoxy groups -OCH3 is 1. The molecule has 1 aliphatic heterocycles. The molecule has 1 saturated heterocycles. The molecule has 2 heterocycles. The highest BCUT2D eigenvalue weighted by Gasteiger charge is 2.40. The number of aromatic nitrogens is 1. The smallest absolute Gasteiger partial charge is 0.249 e. The minimum absolute atomic E-state index is 0.232. The van der Waals surface area contributed by atoms with E-state index in [1.807, 2.05) is 29.9 Å². The SMILES string of the molecule is COc1ccc2ncc(CN)c(CCCC3(C(=O)NO)CCN(CCC4CCCCC4)CC3)c2c1. The highest BCUT2D eigenvalue weighted by Crippen LogP contribution is 2.38. The van der Waals surface area contributed by atoms with Gasteiger partial charge in [0.05, 0.1) is 18.0 Å². The van der Waals surface area contributed by atoms with Gasteiger partial charge in [-0.05, 0) is 93.4 Å². The molecular weight excluding hydrogens is 440 g/mol. The summed E-state index contributed by atoms with van der Waals surface area (Å²) in [7, 11) is 1.67. The quantitative estimate of drug-likeness (QED) is 0.338. The Hall–Kier alpha value is -2.22. The van der Waals surface area contributed by atoms with E-state index >= 15 is 0 Å². The van der Waals surface area contributed by atoms with Gasteiger partial charge >= 0.3 is 0 Å². The molecular formula is C28H42N4O3. The summed E-state index contributed by atoms with van der Waals surface area (Å²) in [5.74, 6) is 1.44. The molecule has 0 atom stereocenters. The van der Waals surface area contributed by atoms with Crippen LogP contribution in [-0.4, -0.2) is 47.7 Å². The van der Waals surface area contributed by atoms with Gasteiger partial charge in [-0.15, -0.1) is 0 Å². The number of hydrogen-bond acceptors (Lipinski definition) is 6. The van der Waals surface area contributed by atoms with Crippen molar-refractivity contribution in [2.45, 2.75) is 77.2 Å². The van der Waals surface area contributed by atoms with Gasteiger partial charge in [0.15, 0.2) is 0 Å². The summed E-state index contributed by atoms with van der Waals surface area (Å²) >= 11 is 0. The van der Waals surface area contributed by atoms with Crippen LogP contribution in [-0.2, 0) is 17.8 Å². The van der Waals surface area contributed by atoms with Crippen molar-refractivity contribution in [2.24, 2.45) is 17.1 Å². The van der Waals surface area contributed by atoms with Crippen molar-refractivity contribution < 1.29 is 14.7 Å². The second-order valence-corrected chi connectivity index (χ2v) is 10.6. The first-order chi connectivity index (χ1) is 17.1. The molecule has 4 N–H and O–H groups in total. The van der Waals surface area contributed by atoms with Gasteiger partial charge in [0, 0.05) is 18.1 Å². The molecule has 1 aromatic carbocycles. The first-order valence-electron chi connectivity index (χ1n) is 13.4. The normalized spacial score (nSPS) is 19.1. The van der Waals surface area contributed by atoms with E-state index in [1.165, 1.54) is 44.1 Å². The average Bonchev–Trinajstić information content (AvgIpc) is 2.92. The Morgan fingerprint density at radius 1 is 1.26 bits per heavy atom. The van der Waals surface area contributed by atoms with Crippen LogP contribution >= 0.6 is 0 Å². The summed E-state index contributed by atoms with van der Waals surface area (Å²) in [6.45, 7) is 3.40. The third kappa shape index (κ3) is 6.13. The van der Waals surface area contributed by atoms with Crippen LogP contribution in [0.3, 0.4) is 0 Å². The Balaban J connectivity index is 1.39. The molecule has 2 aliphatic rings. The summed E-state index contributed by atoms with van der Waals surface area (Å²) in [5, 5.41) is 10.6. The number of hydroxylamine groups is 1. The van der Waals surface area contributed by atoms with E-state index in [4.69, 9.17) is 10.5 Å². The molecule has 7 heteroatoms. The monoisotopic (exact) mass is 482 g/mol. The number of nitrogens with one attached hydrogen (secondary N) is 1. The van der Waals surface area contributed by atoms with Crippen LogP contribution in [0.1, 0.15) is 75.3 Å². The molecule has 0 bridgehead atoms. The van der Waals surface area contributed by atoms with Crippen molar-refractivity contribution in [2.75, 3.05) is 26.7 Å². The predicted molar refractivity (Wildman–Crippen MR) is 138 cm³/mol. The van der Waals surface area contributed by atoms with Crippen molar-refractivity contribution in [3.8, 4) is 5.75 Å². The fraction of sp³-hybridized carbons (Fsp3) is 0.643. The molecule has 2 aromatic rings. The fourth-order valence-corrected chi connectivity index (χ4v) is 6.22. The van der Waals surface area contributed by atoms with Crippen molar-refractivity contribution in [1.29, 1.82) is 0 Å². The van der Waals surface area contributed by atoms with Crippen LogP contribution in [0.4, 0.5) is 0 Å². The number of hydrogen-bond donors (Lipinski definition) is 3. The maximum atomic E-state index is 12.8. The van der Waals surface area contributed by atoms with Gasteiger partial charge in [0.1, 0.15) is 5.75 Å². The highest BCUT2D eigenvalue weighted by atomic mass is 16.5. The van der Waals surface area contributed by atoms with Crippen molar-refractivity contribution in [3.05, 3.63) is 35.5 Å². The molecule has 1 amide bonds. The van der Waals surface area contributed by atoms with E-state index in [1.54, 1.807) is 7.11 Å². The lowest BCUT2D eigenvalue weighted by molar-refractivity contribution is -0.143. The van der Waals surface area contributed by atoms with Crippen LogP contribution < -0.4 is 16.0 Å². The van der Waals surface area contributed by atoms with Crippen LogP contribution in [0.5, 0.6) is 5.75 Å². The second kappa shape index (κ2) is 12.2. The zero-order chi connectivity index (χ0) is 24.7. The number of nitrogens with two attached hydrogens (primary N) is 1. The molecule has 4 rings (SSSR count). The number of pyridine rings is 1. The second-order valence-electron chi connectivity index (χ2n) is 10.6. The largest absolute Gasteiger partial charge is 0.497 e. The molecule has 7 nitrogen and oxygen atoms in total. The van der Waals surface area contributed by atoms with Gasteiger partial charge in [0.25, 0.3) is 0 Å². The van der Waals surface area contributed by atoms with E-state index in [2.05, 4.69) is 9.88 Å². The van der Waals surface area contributed by atoms with Crippen LogP contribution in [0.2, 0.25) is 0 Å². The van der Waals surface area contributed by atoms with E-state index in [0.717, 1.165) is 79.9 Å². The zero-order valence-electron chi connectivity index (χ0n) is 21.2. The number of fused-ring (bicyclic) bond motifs is 1. The molecule has 1 saturated carbocycles. The maximum absolute atomic E-state index is 12.8. The summed E-state index contributed by atoms with van der Waals surface area (Å²) in [4.78, 5) is 19.9. The lowest BCUT2D eigenvalue weighted by atomic mass is 9.73. The van der Waals surface area contributed by atoms with Gasteiger partial charge < -0.3 is 15.4 Å². The lowest BCUT2D eigenvalue weighted by Crippen LogP contribution is -2.48. The van der Waals surface area contributed by atoms with Gasteiger partial charge in [-0.2, -0.15) is 0 Å². The number of piperidine rings is 1. The number of aryl methyl sites for hydroxylation is 1. The molecule has 0 spiro atoms. The topological polar surface area (TPSA) is 101 Å². The highest BCUT2D eigenvalue weighted by molar-refractivity contribution is 5.84. The Morgan fingerprint density at radius 3 is 2.71 bits per heavy atom. The van der Waals surface area contributed by atoms with Crippen LogP contribution in [0, 0.1) is 11.3 Å². The third-order valence-corrected chi connectivity index (χ3v) is 8.55. The Kier molecular flexibility index (Phi) is 8.98. The third-order valence-electron chi connectivity index (χ3n) is 8.55. The van der Waals surface area contributed by atoms with Gasteiger partial charge in [-0.25, -0.2) is 5.48 Å². The van der Waals surface area contributed by atoms with E-state index in [-0.39, 0.29) is 5.91 Å². The van der Waals surface area contributed by atoms with Crippen LogP contribution in [0.15, 0.2) is 24.4 Å². The van der Waals surface area contributed by atoms with Crippen molar-refractivity contribution in [3.63, 3.8) is 0 Å². The molecule has 0 unspecified atom stereocenters. The molecule has 1 aliphatic carbocycles. The Bertz CT molecular complexity index is 976. The van der Waals surface area contributed by atoms with E-state index in [9.17, 15) is 10.0 Å². The molecule has 0 radical (unpaired) electrons. The molecule has 192 valence electrons. The number of rotatable bonds is 10. The fourth-order valence-electron chi connectivity index (χ4n) is 6.22. The minimum atomic E-state index is -0.514. The standard InChI is InChI=1S/C28H42N4O3/c1-35-23-9-10-26-25(18-23)24(22(19-29)20-30-26)8-5-12-28(27(33)31-34)13-16-32(17-14-28)15-11-21-6-3-2-4-7-21/h9-10,18,20-21,34H,2-8,11-17,19,29H2,1H3,(H,31,33). The first kappa shape index (κ1) is 25.9. The molecule has 35 heavy (non-hydrogen) atoms. The average molecular weight is 483 g/mol. The Morgan fingerprint density at radius 2 is 2.03 bits per heavy atom. The molecule has 2 fully saturated rings. The van der Waals surface area contributed by atoms with Crippen molar-refractivity contribution >= 4 is 16.8 Å². The minimum Gasteiger partial charge on any atom is -0.497 e. The predicted octanol–water partition coefficient (Wildman–Crippen LogP) is 4.58. The van der Waals surface area contributed by atoms with Gasteiger partial charge in [0.2, 0.25) is 5.91 Å². The van der Waals surface area contributed by atoms with E-state index < -0.39 is 5.41 Å². The summed E-state index contributed by atoms with van der Waals surface area (Å²) in [6, 6.07) is 5.92. The van der Waals surface area contributed by atoms with Crippen LogP contribution in [0.25, 0.3) is 10.9 Å². The number of likely N-dealkylation sites (tertiary alicyclic amines) is 1. The van der Waals surface area contributed by atoms with Crippen molar-refractivity contribution in [1.82, 2.24) is 15.4 Å². The number of nitrogens with zero attached hydrogens (tertiary/aromatic N) is 2.